The maximum Gasteiger partial charge on any atom is 0.324 e. The van der Waals surface area contributed by atoms with Crippen molar-refractivity contribution in [1.29, 1.82) is 0 Å². The third-order valence-corrected chi connectivity index (χ3v) is 1.87. The average Bonchev–Trinajstić information content (AvgIpc) is 2.26. The summed E-state index contributed by atoms with van der Waals surface area (Å²) in [7, 11) is 0. The highest BCUT2D eigenvalue weighted by molar-refractivity contribution is 6.28. The van der Waals surface area contributed by atoms with E-state index in [9.17, 15) is 0 Å². The molecule has 96 valence electrons. The summed E-state index contributed by atoms with van der Waals surface area (Å²) in [5.41, 5.74) is 0. The molecule has 0 spiro atoms. The van der Waals surface area contributed by atoms with E-state index in [2.05, 4.69) is 15.0 Å². The van der Waals surface area contributed by atoms with Crippen molar-refractivity contribution >= 4 is 11.6 Å². The maximum atomic E-state index is 5.72. The summed E-state index contributed by atoms with van der Waals surface area (Å²) in [6, 6.07) is 0.298. The van der Waals surface area contributed by atoms with E-state index in [1.807, 2.05) is 20.8 Å². The summed E-state index contributed by atoms with van der Waals surface area (Å²) < 4.78 is 15.8. The minimum Gasteiger partial charge on any atom is -0.464 e. The molecule has 0 amide bonds. The molecule has 0 radical (unpaired) electrons. The molecule has 0 bridgehead atoms. The van der Waals surface area contributed by atoms with E-state index < -0.39 is 0 Å². The molecule has 0 saturated heterocycles. The van der Waals surface area contributed by atoms with Crippen molar-refractivity contribution in [1.82, 2.24) is 15.0 Å². The van der Waals surface area contributed by atoms with Crippen LogP contribution in [0.3, 0.4) is 0 Å². The molecule has 0 fully saturated rings. The first-order chi connectivity index (χ1) is 8.15. The first-order valence-electron chi connectivity index (χ1n) is 5.44. The highest BCUT2D eigenvalue weighted by atomic mass is 35.5. The molecule has 1 atom stereocenters. The number of aromatic nitrogens is 3. The first-order valence-corrected chi connectivity index (χ1v) is 5.82. The van der Waals surface area contributed by atoms with Crippen LogP contribution in [-0.2, 0) is 4.74 Å². The molecule has 6 nitrogen and oxygen atoms in total. The Hall–Kier alpha value is -1.14. The van der Waals surface area contributed by atoms with Gasteiger partial charge < -0.3 is 14.2 Å². The molecule has 17 heavy (non-hydrogen) atoms. The van der Waals surface area contributed by atoms with Crippen LogP contribution in [0.2, 0.25) is 5.28 Å². The lowest BCUT2D eigenvalue weighted by atomic mass is 10.4. The van der Waals surface area contributed by atoms with E-state index in [4.69, 9.17) is 25.8 Å². The van der Waals surface area contributed by atoms with Crippen LogP contribution in [-0.4, -0.2) is 40.9 Å². The number of hydrogen-bond acceptors (Lipinski definition) is 6. The molecule has 0 saturated carbocycles. The van der Waals surface area contributed by atoms with Crippen LogP contribution in [0.15, 0.2) is 0 Å². The van der Waals surface area contributed by atoms with Gasteiger partial charge in [-0.1, -0.05) is 0 Å². The topological polar surface area (TPSA) is 66.4 Å². The molecule has 0 aliphatic rings. The van der Waals surface area contributed by atoms with Gasteiger partial charge in [0, 0.05) is 6.61 Å². The number of hydrogen-bond donors (Lipinski definition) is 0. The highest BCUT2D eigenvalue weighted by Crippen LogP contribution is 2.14. The second-order valence-electron chi connectivity index (χ2n) is 3.19. The van der Waals surface area contributed by atoms with Crippen molar-refractivity contribution in [3.8, 4) is 12.0 Å². The average molecular weight is 262 g/mol. The summed E-state index contributed by atoms with van der Waals surface area (Å²) >= 11 is 5.72. The Morgan fingerprint density at radius 3 is 2.47 bits per heavy atom. The van der Waals surface area contributed by atoms with Gasteiger partial charge in [0.1, 0.15) is 6.10 Å². The Kier molecular flexibility index (Phi) is 5.93. The maximum absolute atomic E-state index is 5.72. The minimum atomic E-state index is -0.164. The van der Waals surface area contributed by atoms with Gasteiger partial charge in [-0.15, -0.1) is 4.98 Å². The van der Waals surface area contributed by atoms with Crippen LogP contribution in [0.25, 0.3) is 0 Å². The fraction of sp³-hybridized carbons (Fsp3) is 0.700. The standard InChI is InChI=1S/C10H16ClN3O3/c1-4-15-6-7(3)17-10-13-8(11)12-9(14-10)16-5-2/h7H,4-6H2,1-3H3. The number of nitrogens with zero attached hydrogens (tertiary/aromatic N) is 3. The van der Waals surface area contributed by atoms with E-state index in [1.165, 1.54) is 0 Å². The lowest BCUT2D eigenvalue weighted by molar-refractivity contribution is 0.0600. The molecule has 0 aromatic carbocycles. The van der Waals surface area contributed by atoms with Crippen LogP contribution >= 0.6 is 11.6 Å². The number of halogens is 1. The van der Waals surface area contributed by atoms with Gasteiger partial charge in [-0.2, -0.15) is 9.97 Å². The smallest absolute Gasteiger partial charge is 0.324 e. The summed E-state index contributed by atoms with van der Waals surface area (Å²) in [5.74, 6) is 0. The van der Waals surface area contributed by atoms with Gasteiger partial charge in [-0.3, -0.25) is 0 Å². The zero-order valence-corrected chi connectivity index (χ0v) is 10.9. The highest BCUT2D eigenvalue weighted by Gasteiger charge is 2.10. The molecule has 7 heteroatoms. The fourth-order valence-electron chi connectivity index (χ4n) is 1.06. The zero-order chi connectivity index (χ0) is 12.7. The van der Waals surface area contributed by atoms with E-state index in [0.717, 1.165) is 0 Å². The molecular weight excluding hydrogens is 246 g/mol. The predicted molar refractivity (Wildman–Crippen MR) is 62.6 cm³/mol. The lowest BCUT2D eigenvalue weighted by Gasteiger charge is -2.13. The summed E-state index contributed by atoms with van der Waals surface area (Å²) in [6.45, 7) is 7.15. The summed E-state index contributed by atoms with van der Waals surface area (Å²) in [4.78, 5) is 11.6. The van der Waals surface area contributed by atoms with E-state index in [1.54, 1.807) is 0 Å². The zero-order valence-electron chi connectivity index (χ0n) is 10.1. The molecule has 1 aromatic rings. The largest absolute Gasteiger partial charge is 0.464 e. The Morgan fingerprint density at radius 1 is 1.12 bits per heavy atom. The molecule has 1 rings (SSSR count). The van der Waals surface area contributed by atoms with Crippen molar-refractivity contribution in [3.05, 3.63) is 5.28 Å². The van der Waals surface area contributed by atoms with Gasteiger partial charge >= 0.3 is 12.0 Å². The van der Waals surface area contributed by atoms with Crippen LogP contribution in [0.5, 0.6) is 12.0 Å². The second kappa shape index (κ2) is 7.24. The monoisotopic (exact) mass is 261 g/mol. The van der Waals surface area contributed by atoms with E-state index in [-0.39, 0.29) is 23.4 Å². The van der Waals surface area contributed by atoms with Crippen LogP contribution in [0.4, 0.5) is 0 Å². The molecule has 1 heterocycles. The van der Waals surface area contributed by atoms with Gasteiger partial charge in [0.15, 0.2) is 0 Å². The predicted octanol–water partition coefficient (Wildman–Crippen LogP) is 1.73. The molecule has 1 aromatic heterocycles. The SMILES string of the molecule is CCOCC(C)Oc1nc(Cl)nc(OCC)n1. The Morgan fingerprint density at radius 2 is 1.82 bits per heavy atom. The van der Waals surface area contributed by atoms with Crippen molar-refractivity contribution in [2.24, 2.45) is 0 Å². The van der Waals surface area contributed by atoms with Crippen molar-refractivity contribution in [2.75, 3.05) is 19.8 Å². The Balaban J connectivity index is 2.63. The van der Waals surface area contributed by atoms with Crippen LogP contribution < -0.4 is 9.47 Å². The molecule has 0 aliphatic heterocycles. The van der Waals surface area contributed by atoms with Gasteiger partial charge in [-0.05, 0) is 32.4 Å². The Bertz CT molecular complexity index is 352. The Labute approximate surface area is 105 Å². The van der Waals surface area contributed by atoms with Gasteiger partial charge in [0.05, 0.1) is 13.2 Å². The van der Waals surface area contributed by atoms with Crippen LogP contribution in [0, 0.1) is 0 Å². The van der Waals surface area contributed by atoms with Crippen molar-refractivity contribution in [2.45, 2.75) is 26.9 Å². The first kappa shape index (κ1) is 13.9. The second-order valence-corrected chi connectivity index (χ2v) is 3.53. The summed E-state index contributed by atoms with van der Waals surface area (Å²) in [6.07, 6.45) is -0.164. The quantitative estimate of drug-likeness (QED) is 0.745. The number of rotatable bonds is 7. The van der Waals surface area contributed by atoms with Gasteiger partial charge in [0.25, 0.3) is 0 Å². The van der Waals surface area contributed by atoms with Crippen LogP contribution in [0.1, 0.15) is 20.8 Å². The van der Waals surface area contributed by atoms with E-state index in [0.29, 0.717) is 19.8 Å². The van der Waals surface area contributed by atoms with E-state index >= 15 is 0 Å². The van der Waals surface area contributed by atoms with Gasteiger partial charge in [0.2, 0.25) is 5.28 Å². The lowest BCUT2D eigenvalue weighted by Crippen LogP contribution is -2.20. The number of ether oxygens (including phenoxy) is 3. The normalized spacial score (nSPS) is 12.2. The van der Waals surface area contributed by atoms with Gasteiger partial charge in [-0.25, -0.2) is 0 Å². The molecule has 0 aliphatic carbocycles. The molecule has 1 unspecified atom stereocenters. The van der Waals surface area contributed by atoms with Crippen molar-refractivity contribution in [3.63, 3.8) is 0 Å². The molecule has 0 N–H and O–H groups in total. The van der Waals surface area contributed by atoms with Crippen molar-refractivity contribution < 1.29 is 14.2 Å². The summed E-state index contributed by atoms with van der Waals surface area (Å²) in [5, 5.41) is 0.0436. The molecular formula is C10H16ClN3O3. The third-order valence-electron chi connectivity index (χ3n) is 1.70. The fourth-order valence-corrected chi connectivity index (χ4v) is 1.20. The third kappa shape index (κ3) is 5.14. The minimum absolute atomic E-state index is 0.0436.